The van der Waals surface area contributed by atoms with Crippen molar-refractivity contribution in [1.29, 1.82) is 0 Å². The molecule has 156 valence electrons. The zero-order chi connectivity index (χ0) is 20.7. The van der Waals surface area contributed by atoms with E-state index in [9.17, 15) is 18.3 Å². The van der Waals surface area contributed by atoms with Crippen molar-refractivity contribution in [3.8, 4) is 5.75 Å². The molecule has 2 saturated carbocycles. The molecule has 0 bridgehead atoms. The number of rotatable bonds is 5. The number of aliphatic hydroxyl groups is 1. The number of hydrogen-bond donors (Lipinski definition) is 1. The quantitative estimate of drug-likeness (QED) is 0.751. The molecule has 0 heterocycles. The lowest BCUT2D eigenvalue weighted by atomic mass is 9.58. The molecular formula is C21H30O6S. The first-order valence-corrected chi connectivity index (χ1v) is 11.4. The number of carbonyl (C=O) groups is 1. The molecule has 1 aromatic carbocycles. The summed E-state index contributed by atoms with van der Waals surface area (Å²) in [4.78, 5) is 11.6. The molecule has 6 nitrogen and oxygen atoms in total. The normalized spacial score (nSPS) is 35.2. The van der Waals surface area contributed by atoms with Gasteiger partial charge in [0.25, 0.3) is 0 Å². The topological polar surface area (TPSA) is 89.9 Å². The molecule has 0 saturated heterocycles. The molecule has 1 N–H and O–H groups in total. The number of methoxy groups -OCH3 is 1. The van der Waals surface area contributed by atoms with Crippen LogP contribution >= 0.6 is 0 Å². The van der Waals surface area contributed by atoms with Crippen LogP contribution in [0.5, 0.6) is 5.75 Å². The lowest BCUT2D eigenvalue weighted by Crippen LogP contribution is -2.59. The summed E-state index contributed by atoms with van der Waals surface area (Å²) >= 11 is 0. The van der Waals surface area contributed by atoms with Crippen molar-refractivity contribution in [3.05, 3.63) is 29.8 Å². The van der Waals surface area contributed by atoms with Gasteiger partial charge in [-0.3, -0.25) is 4.79 Å². The van der Waals surface area contributed by atoms with Crippen molar-refractivity contribution in [2.75, 3.05) is 7.11 Å². The Kier molecular flexibility index (Phi) is 5.53. The molecular weight excluding hydrogens is 380 g/mol. The second-order valence-electron chi connectivity index (χ2n) is 8.66. The zero-order valence-corrected chi connectivity index (χ0v) is 17.8. The van der Waals surface area contributed by atoms with Crippen LogP contribution in [0.4, 0.5) is 0 Å². The molecule has 0 amide bonds. The number of hydrogen-bond acceptors (Lipinski definition) is 6. The van der Waals surface area contributed by atoms with E-state index >= 15 is 0 Å². The second kappa shape index (κ2) is 7.34. The van der Waals surface area contributed by atoms with Crippen molar-refractivity contribution >= 4 is 15.8 Å². The van der Waals surface area contributed by atoms with Crippen LogP contribution in [-0.4, -0.2) is 44.1 Å². The first-order valence-electron chi connectivity index (χ1n) is 9.73. The molecule has 28 heavy (non-hydrogen) atoms. The average Bonchev–Trinajstić information content (AvgIpc) is 2.85. The van der Waals surface area contributed by atoms with E-state index in [2.05, 4.69) is 0 Å². The number of ether oxygens (including phenoxy) is 2. The Hall–Kier alpha value is -1.60. The summed E-state index contributed by atoms with van der Waals surface area (Å²) in [7, 11) is -2.12. The summed E-state index contributed by atoms with van der Waals surface area (Å²) in [5.41, 5.74) is -0.510. The third-order valence-corrected chi connectivity index (χ3v) is 9.42. The number of carbonyl (C=O) groups excluding carboxylic acids is 1. The second-order valence-corrected chi connectivity index (χ2v) is 10.8. The number of aliphatic hydroxyl groups excluding tert-OH is 1. The van der Waals surface area contributed by atoms with Gasteiger partial charge in [0, 0.05) is 12.3 Å². The van der Waals surface area contributed by atoms with E-state index in [1.807, 2.05) is 13.8 Å². The zero-order valence-electron chi connectivity index (χ0n) is 17.0. The van der Waals surface area contributed by atoms with Gasteiger partial charge in [-0.2, -0.15) is 0 Å². The molecule has 2 aliphatic carbocycles. The molecule has 0 aromatic heterocycles. The lowest BCUT2D eigenvalue weighted by Gasteiger charge is -2.53. The number of benzene rings is 1. The Labute approximate surface area is 167 Å². The lowest BCUT2D eigenvalue weighted by molar-refractivity contribution is -0.157. The highest BCUT2D eigenvalue weighted by Gasteiger charge is 2.65. The summed E-state index contributed by atoms with van der Waals surface area (Å²) in [6.45, 7) is 5.33. The largest absolute Gasteiger partial charge is 0.497 e. The highest BCUT2D eigenvalue weighted by molar-refractivity contribution is 7.91. The van der Waals surface area contributed by atoms with Gasteiger partial charge in [-0.05, 0) is 48.8 Å². The van der Waals surface area contributed by atoms with Crippen LogP contribution in [0.15, 0.2) is 24.3 Å². The van der Waals surface area contributed by atoms with Crippen molar-refractivity contribution in [2.45, 2.75) is 69.7 Å². The maximum atomic E-state index is 13.5. The van der Waals surface area contributed by atoms with Crippen molar-refractivity contribution in [3.63, 3.8) is 0 Å². The summed E-state index contributed by atoms with van der Waals surface area (Å²) in [6.07, 6.45) is 0.978. The summed E-state index contributed by atoms with van der Waals surface area (Å²) in [5.74, 6) is 0.0941. The first kappa shape index (κ1) is 21.1. The fraction of sp³-hybridized carbons (Fsp3) is 0.667. The Morgan fingerprint density at radius 3 is 2.54 bits per heavy atom. The third-order valence-electron chi connectivity index (χ3n) is 7.08. The molecule has 0 unspecified atom stereocenters. The van der Waals surface area contributed by atoms with Gasteiger partial charge < -0.3 is 14.6 Å². The minimum Gasteiger partial charge on any atom is -0.497 e. The van der Waals surface area contributed by atoms with Gasteiger partial charge in [-0.25, -0.2) is 8.42 Å². The summed E-state index contributed by atoms with van der Waals surface area (Å²) in [5, 5.41) is 9.87. The summed E-state index contributed by atoms with van der Waals surface area (Å²) < 4.78 is 37.7. The molecule has 2 aliphatic rings. The minimum atomic E-state index is -3.66. The van der Waals surface area contributed by atoms with Crippen LogP contribution in [0.25, 0.3) is 0 Å². The average molecular weight is 411 g/mol. The van der Waals surface area contributed by atoms with E-state index in [1.54, 1.807) is 31.4 Å². The van der Waals surface area contributed by atoms with Gasteiger partial charge in [0.15, 0.2) is 9.84 Å². The van der Waals surface area contributed by atoms with Crippen LogP contribution in [-0.2, 0) is 25.1 Å². The Morgan fingerprint density at radius 1 is 1.21 bits per heavy atom. The van der Waals surface area contributed by atoms with E-state index in [0.717, 1.165) is 0 Å². The Morgan fingerprint density at radius 2 is 1.89 bits per heavy atom. The van der Waals surface area contributed by atoms with Gasteiger partial charge in [-0.1, -0.05) is 26.0 Å². The van der Waals surface area contributed by atoms with Crippen LogP contribution in [0.1, 0.15) is 52.0 Å². The van der Waals surface area contributed by atoms with Gasteiger partial charge in [0.1, 0.15) is 11.9 Å². The van der Waals surface area contributed by atoms with Crippen molar-refractivity contribution in [2.24, 2.45) is 10.8 Å². The molecule has 1 aromatic rings. The maximum Gasteiger partial charge on any atom is 0.302 e. The predicted molar refractivity (Wildman–Crippen MR) is 106 cm³/mol. The molecule has 5 atom stereocenters. The summed E-state index contributed by atoms with van der Waals surface area (Å²) in [6, 6.07) is 7.00. The molecule has 7 heteroatoms. The van der Waals surface area contributed by atoms with Crippen molar-refractivity contribution < 1.29 is 27.8 Å². The molecule has 0 spiro atoms. The highest BCUT2D eigenvalue weighted by Crippen LogP contribution is 2.63. The number of fused-ring (bicyclic) bond motifs is 1. The first-order chi connectivity index (χ1) is 13.0. The Balaban J connectivity index is 1.95. The number of esters is 1. The van der Waals surface area contributed by atoms with Gasteiger partial charge >= 0.3 is 5.97 Å². The Bertz CT molecular complexity index is 850. The van der Waals surface area contributed by atoms with Gasteiger partial charge in [0.2, 0.25) is 0 Å². The molecule has 0 aliphatic heterocycles. The van der Waals surface area contributed by atoms with E-state index in [1.165, 1.54) is 6.92 Å². The smallest absolute Gasteiger partial charge is 0.302 e. The molecule has 0 radical (unpaired) electrons. The maximum absolute atomic E-state index is 13.5. The number of sulfone groups is 1. The highest BCUT2D eigenvalue weighted by atomic mass is 32.2. The van der Waals surface area contributed by atoms with E-state index in [0.29, 0.717) is 37.0 Å². The van der Waals surface area contributed by atoms with Crippen LogP contribution in [0, 0.1) is 10.8 Å². The van der Waals surface area contributed by atoms with Crippen LogP contribution in [0.3, 0.4) is 0 Å². The van der Waals surface area contributed by atoms with Gasteiger partial charge in [-0.15, -0.1) is 0 Å². The van der Waals surface area contributed by atoms with Gasteiger partial charge in [0.05, 0.1) is 24.2 Å². The van der Waals surface area contributed by atoms with E-state index in [-0.39, 0.29) is 17.8 Å². The molecule has 2 fully saturated rings. The fourth-order valence-electron chi connectivity index (χ4n) is 5.45. The van der Waals surface area contributed by atoms with E-state index in [4.69, 9.17) is 9.47 Å². The van der Waals surface area contributed by atoms with Crippen LogP contribution < -0.4 is 4.74 Å². The SMILES string of the molecule is COc1cccc(CS(=O)(=O)[C@@H]2[C@H](O)CC[C@]3(C)[C@@H](OC(C)=O)CC[C@]23C)c1. The monoisotopic (exact) mass is 410 g/mol. The third kappa shape index (κ3) is 3.43. The fourth-order valence-corrected chi connectivity index (χ4v) is 8.07. The van der Waals surface area contributed by atoms with E-state index < -0.39 is 32.0 Å². The molecule has 3 rings (SSSR count). The van der Waals surface area contributed by atoms with Crippen molar-refractivity contribution in [1.82, 2.24) is 0 Å². The minimum absolute atomic E-state index is 0.157. The predicted octanol–water partition coefficient (Wildman–Crippen LogP) is 2.87. The standard InChI is InChI=1S/C21H30O6S/c1-14(22)27-18-9-11-21(3)19(17(23)8-10-20(18,21)2)28(24,25)13-15-6-5-7-16(12-15)26-4/h5-7,12,17-19,23H,8-11,13H2,1-4H3/t17-,18+,19-,20-,21-/m1/s1. The van der Waals surface area contributed by atoms with Crippen LogP contribution in [0.2, 0.25) is 0 Å².